The minimum atomic E-state index is 0. The molecule has 0 nitrogen and oxygen atoms in total. The average Bonchev–Trinajstić information content (AvgIpc) is 1.97. The quantitative estimate of drug-likeness (QED) is 0.188. The second kappa shape index (κ2) is 11.9. The first-order valence-electron chi connectivity index (χ1n) is 10.3. The summed E-state index contributed by atoms with van der Waals surface area (Å²) in [5.74, 6) is 0. The van der Waals surface area contributed by atoms with Crippen LogP contribution in [0.3, 0.4) is 0 Å². The number of hydrogen-bond acceptors (Lipinski definition) is 0. The van der Waals surface area contributed by atoms with Gasteiger partial charge in [0.05, 0.1) is 0 Å². The van der Waals surface area contributed by atoms with E-state index in [4.69, 9.17) is 0 Å². The Labute approximate surface area is 211 Å². The molecule has 0 spiro atoms. The fourth-order valence-corrected chi connectivity index (χ4v) is 18.1. The van der Waals surface area contributed by atoms with Crippen LogP contribution in [0.15, 0.2) is 0 Å². The Morgan fingerprint density at radius 2 is 0.321 bits per heavy atom. The van der Waals surface area contributed by atoms with Crippen molar-refractivity contribution in [3.63, 3.8) is 0 Å². The van der Waals surface area contributed by atoms with Crippen LogP contribution < -0.4 is 0 Å². The monoisotopic (exact) mass is 616 g/mol. The summed E-state index contributed by atoms with van der Waals surface area (Å²) >= 11 is 0. The molecular weight excluding hydrogens is 563 g/mol. The molecule has 0 rings (SSSR count). The summed E-state index contributed by atoms with van der Waals surface area (Å²) in [5.41, 5.74) is 0. The van der Waals surface area contributed by atoms with E-state index in [9.17, 15) is 0 Å². The van der Waals surface area contributed by atoms with E-state index in [-0.39, 0.29) is 56.7 Å². The molecule has 0 aliphatic carbocycles. The molecule has 0 amide bonds. The Morgan fingerprint density at radius 1 is 0.250 bits per heavy atom. The van der Waals surface area contributed by atoms with E-state index in [2.05, 4.69) is 125 Å². The van der Waals surface area contributed by atoms with Crippen molar-refractivity contribution in [3.05, 3.63) is 0 Å². The predicted octanol–water partition coefficient (Wildman–Crippen LogP) is 9.72. The SMILES string of the molecule is CC(C)(C)P(C(C)(C)C)C(C)(C)C.CC(C)(C)P(C(C)(C)C)C(C)(C)C.[Pd].[Pd]. The van der Waals surface area contributed by atoms with Crippen LogP contribution in [-0.2, 0) is 40.8 Å². The molecule has 0 aromatic heterocycles. The van der Waals surface area contributed by atoms with E-state index in [0.29, 0.717) is 30.9 Å². The van der Waals surface area contributed by atoms with Gasteiger partial charge in [0.2, 0.25) is 0 Å². The molecule has 0 saturated heterocycles. The zero-order valence-corrected chi connectivity index (χ0v) is 27.4. The second-order valence-electron chi connectivity index (χ2n) is 13.7. The van der Waals surface area contributed by atoms with E-state index in [0.717, 1.165) is 0 Å². The third kappa shape index (κ3) is 14.3. The number of rotatable bonds is 0. The van der Waals surface area contributed by atoms with Crippen molar-refractivity contribution < 1.29 is 40.8 Å². The molecule has 0 bridgehead atoms. The Kier molecular flexibility index (Phi) is 15.9. The minimum absolute atomic E-state index is 0. The normalized spacial score (nSPS) is 14.1. The summed E-state index contributed by atoms with van der Waals surface area (Å²) < 4.78 is 0. The maximum absolute atomic E-state index is 2.38. The van der Waals surface area contributed by atoms with Gasteiger partial charge in [0.25, 0.3) is 0 Å². The van der Waals surface area contributed by atoms with Crippen LogP contribution in [0.2, 0.25) is 0 Å². The first-order valence-corrected chi connectivity index (χ1v) is 13.0. The van der Waals surface area contributed by atoms with Gasteiger partial charge in [-0.25, -0.2) is 0 Å². The first kappa shape index (κ1) is 37.5. The summed E-state index contributed by atoms with van der Waals surface area (Å²) in [6.07, 6.45) is 0. The summed E-state index contributed by atoms with van der Waals surface area (Å²) in [6.45, 7) is 42.9. The van der Waals surface area contributed by atoms with Gasteiger partial charge in [-0.05, 0) is 30.9 Å². The topological polar surface area (TPSA) is 0 Å². The molecule has 4 heteroatoms. The number of hydrogen-bond donors (Lipinski definition) is 0. The van der Waals surface area contributed by atoms with Gasteiger partial charge in [-0.3, -0.25) is 0 Å². The third-order valence-corrected chi connectivity index (χ3v) is 12.1. The third-order valence-electron chi connectivity index (χ3n) is 4.02. The largest absolute Gasteiger partial charge is 0.0901 e. The van der Waals surface area contributed by atoms with E-state index in [1.54, 1.807) is 0 Å². The van der Waals surface area contributed by atoms with Crippen molar-refractivity contribution in [2.45, 2.75) is 156 Å². The summed E-state index contributed by atoms with van der Waals surface area (Å²) in [6, 6.07) is 0. The molecule has 0 radical (unpaired) electrons. The smallest absolute Gasteiger partial charge is 0 e. The van der Waals surface area contributed by atoms with Gasteiger partial charge in [-0.15, -0.1) is 0 Å². The van der Waals surface area contributed by atoms with Gasteiger partial charge in [-0.2, -0.15) is 0 Å². The maximum Gasteiger partial charge on any atom is 0 e. The van der Waals surface area contributed by atoms with Crippen LogP contribution in [0.4, 0.5) is 0 Å². The molecule has 0 aromatic rings. The Hall–Kier alpha value is 2.18. The van der Waals surface area contributed by atoms with Crippen LogP contribution in [0.1, 0.15) is 125 Å². The molecule has 0 fully saturated rings. The van der Waals surface area contributed by atoms with E-state index >= 15 is 0 Å². The van der Waals surface area contributed by atoms with Gasteiger partial charge in [0.1, 0.15) is 0 Å². The van der Waals surface area contributed by atoms with E-state index in [1.165, 1.54) is 0 Å². The van der Waals surface area contributed by atoms with Crippen LogP contribution in [-0.4, -0.2) is 30.9 Å². The van der Waals surface area contributed by atoms with Crippen LogP contribution >= 0.6 is 15.8 Å². The Bertz CT molecular complexity index is 308. The fraction of sp³-hybridized carbons (Fsp3) is 1.00. The second-order valence-corrected chi connectivity index (χ2v) is 23.1. The van der Waals surface area contributed by atoms with Crippen molar-refractivity contribution in [3.8, 4) is 0 Å². The molecule has 0 N–H and O–H groups in total. The summed E-state index contributed by atoms with van der Waals surface area (Å²) in [4.78, 5) is 0. The zero-order chi connectivity index (χ0) is 22.2. The Balaban J connectivity index is -0.000000192. The van der Waals surface area contributed by atoms with E-state index in [1.807, 2.05) is 0 Å². The van der Waals surface area contributed by atoms with Crippen LogP contribution in [0, 0.1) is 0 Å². The predicted molar refractivity (Wildman–Crippen MR) is 132 cm³/mol. The van der Waals surface area contributed by atoms with Gasteiger partial charge in [0.15, 0.2) is 0 Å². The molecule has 0 heterocycles. The molecule has 0 unspecified atom stereocenters. The van der Waals surface area contributed by atoms with Crippen molar-refractivity contribution in [2.75, 3.05) is 0 Å². The standard InChI is InChI=1S/2C12H27P.2Pd/c2*1-10(2,3)13(11(4,5)6)12(7,8)9;;/h2*1-9H3;;. The van der Waals surface area contributed by atoms with Gasteiger partial charge < -0.3 is 0 Å². The van der Waals surface area contributed by atoms with Crippen molar-refractivity contribution >= 4 is 15.8 Å². The van der Waals surface area contributed by atoms with Crippen LogP contribution in [0.5, 0.6) is 0 Å². The van der Waals surface area contributed by atoms with Gasteiger partial charge in [-0.1, -0.05) is 140 Å². The molecule has 0 aromatic carbocycles. The first-order chi connectivity index (χ1) is 10.7. The van der Waals surface area contributed by atoms with Gasteiger partial charge in [0, 0.05) is 40.8 Å². The molecule has 180 valence electrons. The molecule has 28 heavy (non-hydrogen) atoms. The molecule has 0 atom stereocenters. The molecule has 0 aliphatic heterocycles. The summed E-state index contributed by atoms with van der Waals surface area (Å²) in [5, 5.41) is 2.70. The average molecular weight is 617 g/mol. The van der Waals surface area contributed by atoms with E-state index < -0.39 is 0 Å². The zero-order valence-electron chi connectivity index (χ0n) is 22.5. The van der Waals surface area contributed by atoms with Crippen LogP contribution in [0.25, 0.3) is 0 Å². The molecule has 0 aliphatic rings. The minimum Gasteiger partial charge on any atom is -0.0901 e. The van der Waals surface area contributed by atoms with Crippen molar-refractivity contribution in [2.24, 2.45) is 0 Å². The fourth-order valence-electron chi connectivity index (χ4n) is 6.04. The van der Waals surface area contributed by atoms with Crippen molar-refractivity contribution in [1.82, 2.24) is 0 Å². The molecule has 0 saturated carbocycles. The van der Waals surface area contributed by atoms with Crippen molar-refractivity contribution in [1.29, 1.82) is 0 Å². The molecular formula is C24H54P2Pd2. The maximum atomic E-state index is 2.38. The summed E-state index contributed by atoms with van der Waals surface area (Å²) in [7, 11) is 0.0324. The van der Waals surface area contributed by atoms with Gasteiger partial charge >= 0.3 is 0 Å². The Morgan fingerprint density at radius 3 is 0.321 bits per heavy atom.